The van der Waals surface area contributed by atoms with E-state index in [9.17, 15) is 19.7 Å². The lowest BCUT2D eigenvalue weighted by Gasteiger charge is -2.13. The molecule has 0 saturated heterocycles. The van der Waals surface area contributed by atoms with Gasteiger partial charge in [0.1, 0.15) is 0 Å². The standard InChI is InChI=1S/C25H21N5O4S/c1-16-10-12-19(13-11-16)29-24(32)21-8-3-4-9-22(21)26-25(29)35-15-23(31)28-27-17(2)18-6-5-7-20(14-18)30(33)34/h3-14H,15H2,1-2H3,(H,28,31)/b27-17-. The van der Waals surface area contributed by atoms with Gasteiger partial charge in [-0.15, -0.1) is 0 Å². The lowest BCUT2D eigenvalue weighted by molar-refractivity contribution is -0.384. The van der Waals surface area contributed by atoms with E-state index in [1.54, 1.807) is 43.3 Å². The van der Waals surface area contributed by atoms with Crippen LogP contribution in [0, 0.1) is 17.0 Å². The van der Waals surface area contributed by atoms with Crippen molar-refractivity contribution in [2.75, 3.05) is 5.75 Å². The number of thioether (sulfide) groups is 1. The van der Waals surface area contributed by atoms with Gasteiger partial charge in [0, 0.05) is 17.7 Å². The summed E-state index contributed by atoms with van der Waals surface area (Å²) in [5.41, 5.74) is 5.38. The number of rotatable bonds is 7. The van der Waals surface area contributed by atoms with Gasteiger partial charge < -0.3 is 0 Å². The molecule has 9 nitrogen and oxygen atoms in total. The van der Waals surface area contributed by atoms with Crippen LogP contribution < -0.4 is 11.0 Å². The van der Waals surface area contributed by atoms with E-state index in [-0.39, 0.29) is 17.0 Å². The number of para-hydroxylation sites is 1. The molecule has 0 atom stereocenters. The molecular weight excluding hydrogens is 466 g/mol. The fourth-order valence-corrected chi connectivity index (χ4v) is 4.15. The molecule has 0 unspecified atom stereocenters. The molecule has 1 heterocycles. The van der Waals surface area contributed by atoms with E-state index in [2.05, 4.69) is 15.5 Å². The second-order valence-corrected chi connectivity index (χ2v) is 8.66. The normalized spacial score (nSPS) is 11.4. The predicted octanol–water partition coefficient (Wildman–Crippen LogP) is 4.23. The third-order valence-corrected chi connectivity index (χ3v) is 6.13. The fourth-order valence-electron chi connectivity index (χ4n) is 3.35. The van der Waals surface area contributed by atoms with E-state index < -0.39 is 10.8 Å². The molecule has 4 rings (SSSR count). The van der Waals surface area contributed by atoms with E-state index in [0.29, 0.717) is 33.0 Å². The molecule has 1 aromatic heterocycles. The Balaban J connectivity index is 1.56. The largest absolute Gasteiger partial charge is 0.272 e. The van der Waals surface area contributed by atoms with E-state index in [0.717, 1.165) is 17.3 Å². The average Bonchev–Trinajstić information content (AvgIpc) is 2.87. The highest BCUT2D eigenvalue weighted by Gasteiger charge is 2.15. The molecule has 0 aliphatic heterocycles. The van der Waals surface area contributed by atoms with Crippen LogP contribution in [0.3, 0.4) is 0 Å². The third-order valence-electron chi connectivity index (χ3n) is 5.19. The molecule has 0 fully saturated rings. The number of benzene rings is 3. The Morgan fingerprint density at radius 3 is 2.60 bits per heavy atom. The number of nitrogens with one attached hydrogen (secondary N) is 1. The Hall–Kier alpha value is -4.31. The van der Waals surface area contributed by atoms with Crippen molar-refractivity contribution in [3.63, 3.8) is 0 Å². The topological polar surface area (TPSA) is 119 Å². The number of non-ortho nitro benzene ring substituents is 1. The highest BCUT2D eigenvalue weighted by Crippen LogP contribution is 2.21. The average molecular weight is 488 g/mol. The van der Waals surface area contributed by atoms with Crippen molar-refractivity contribution in [3.8, 4) is 5.69 Å². The first kappa shape index (κ1) is 23.8. The fraction of sp³-hybridized carbons (Fsp3) is 0.120. The lowest BCUT2D eigenvalue weighted by Crippen LogP contribution is -2.24. The first-order valence-corrected chi connectivity index (χ1v) is 11.6. The summed E-state index contributed by atoms with van der Waals surface area (Å²) in [5.74, 6) is -0.444. The van der Waals surface area contributed by atoms with Gasteiger partial charge in [-0.05, 0) is 38.1 Å². The molecule has 176 valence electrons. The van der Waals surface area contributed by atoms with Gasteiger partial charge >= 0.3 is 0 Å². The molecule has 4 aromatic rings. The predicted molar refractivity (Wildman–Crippen MR) is 136 cm³/mol. The second kappa shape index (κ2) is 10.3. The Morgan fingerprint density at radius 2 is 1.86 bits per heavy atom. The molecule has 3 aromatic carbocycles. The van der Waals surface area contributed by atoms with Crippen LogP contribution in [0.5, 0.6) is 0 Å². The number of carbonyl (C=O) groups excluding carboxylic acids is 1. The van der Waals surface area contributed by atoms with Gasteiger partial charge in [0.15, 0.2) is 5.16 Å². The summed E-state index contributed by atoms with van der Waals surface area (Å²) in [7, 11) is 0. The quantitative estimate of drug-likeness (QED) is 0.137. The van der Waals surface area contributed by atoms with Crippen LogP contribution in [0.1, 0.15) is 18.1 Å². The number of hydrogen-bond acceptors (Lipinski definition) is 7. The number of aryl methyl sites for hydroxylation is 1. The number of nitrogens with zero attached hydrogens (tertiary/aromatic N) is 4. The zero-order valence-electron chi connectivity index (χ0n) is 19.0. The summed E-state index contributed by atoms with van der Waals surface area (Å²) in [5, 5.41) is 15.9. The van der Waals surface area contributed by atoms with Crippen molar-refractivity contribution >= 4 is 40.0 Å². The minimum Gasteiger partial charge on any atom is -0.272 e. The number of amides is 1. The molecular formula is C25H21N5O4S. The van der Waals surface area contributed by atoms with Crippen molar-refractivity contribution in [2.24, 2.45) is 5.10 Å². The van der Waals surface area contributed by atoms with Crippen LogP contribution in [0.4, 0.5) is 5.69 Å². The smallest absolute Gasteiger partial charge is 0.270 e. The molecule has 1 amide bonds. The third kappa shape index (κ3) is 5.44. The van der Waals surface area contributed by atoms with Crippen molar-refractivity contribution < 1.29 is 9.72 Å². The molecule has 10 heteroatoms. The first-order chi connectivity index (χ1) is 16.8. The Labute approximate surface area is 204 Å². The SMILES string of the molecule is C/C(=N/NC(=O)CSc1nc2ccccc2c(=O)n1-c1ccc(C)cc1)c1cccc([N+](=O)[O-])c1. The van der Waals surface area contributed by atoms with E-state index in [1.807, 2.05) is 31.2 Å². The molecule has 0 bridgehead atoms. The monoisotopic (exact) mass is 487 g/mol. The summed E-state index contributed by atoms with van der Waals surface area (Å²) >= 11 is 1.12. The maximum absolute atomic E-state index is 13.3. The molecule has 0 saturated carbocycles. The second-order valence-electron chi connectivity index (χ2n) is 7.72. The molecule has 0 aliphatic carbocycles. The van der Waals surface area contributed by atoms with Crippen molar-refractivity contribution in [3.05, 3.63) is 104 Å². The summed E-state index contributed by atoms with van der Waals surface area (Å²) < 4.78 is 1.50. The molecule has 0 radical (unpaired) electrons. The number of hydrogen-bond donors (Lipinski definition) is 1. The summed E-state index contributed by atoms with van der Waals surface area (Å²) in [6.07, 6.45) is 0. The minimum absolute atomic E-state index is 0.0393. The van der Waals surface area contributed by atoms with E-state index in [4.69, 9.17) is 0 Å². The Bertz CT molecular complexity index is 1510. The van der Waals surface area contributed by atoms with Crippen LogP contribution >= 0.6 is 11.8 Å². The highest BCUT2D eigenvalue weighted by molar-refractivity contribution is 7.99. The minimum atomic E-state index is -0.490. The zero-order valence-corrected chi connectivity index (χ0v) is 19.8. The van der Waals surface area contributed by atoms with E-state index >= 15 is 0 Å². The van der Waals surface area contributed by atoms with Gasteiger partial charge in [-0.3, -0.25) is 24.3 Å². The van der Waals surface area contributed by atoms with Crippen LogP contribution in [0.2, 0.25) is 0 Å². The summed E-state index contributed by atoms with van der Waals surface area (Å²) in [6.45, 7) is 3.60. The van der Waals surface area contributed by atoms with E-state index in [1.165, 1.54) is 16.7 Å². The van der Waals surface area contributed by atoms with Gasteiger partial charge in [-0.2, -0.15) is 5.10 Å². The number of aromatic nitrogens is 2. The van der Waals surface area contributed by atoms with Crippen molar-refractivity contribution in [1.29, 1.82) is 0 Å². The first-order valence-electron chi connectivity index (χ1n) is 10.6. The Kier molecular flexibility index (Phi) is 7.02. The van der Waals surface area contributed by atoms with Gasteiger partial charge in [-0.1, -0.05) is 53.7 Å². The van der Waals surface area contributed by atoms with Gasteiger partial charge in [-0.25, -0.2) is 10.4 Å². The van der Waals surface area contributed by atoms with Crippen LogP contribution in [0.25, 0.3) is 16.6 Å². The number of fused-ring (bicyclic) bond motifs is 1. The highest BCUT2D eigenvalue weighted by atomic mass is 32.2. The zero-order chi connectivity index (χ0) is 24.9. The van der Waals surface area contributed by atoms with Gasteiger partial charge in [0.05, 0.1) is 33.0 Å². The molecule has 1 N–H and O–H groups in total. The molecule has 35 heavy (non-hydrogen) atoms. The van der Waals surface area contributed by atoms with Crippen LogP contribution in [-0.4, -0.2) is 31.8 Å². The maximum Gasteiger partial charge on any atom is 0.270 e. The van der Waals surface area contributed by atoms with Gasteiger partial charge in [0.25, 0.3) is 17.2 Å². The summed E-state index contributed by atoms with van der Waals surface area (Å²) in [6, 6.07) is 20.6. The maximum atomic E-state index is 13.3. The molecule has 0 aliphatic rings. The number of hydrazone groups is 1. The van der Waals surface area contributed by atoms with Crippen molar-refractivity contribution in [1.82, 2.24) is 15.0 Å². The van der Waals surface area contributed by atoms with Crippen molar-refractivity contribution in [2.45, 2.75) is 19.0 Å². The van der Waals surface area contributed by atoms with Crippen LogP contribution in [-0.2, 0) is 4.79 Å². The Morgan fingerprint density at radius 1 is 1.11 bits per heavy atom. The summed E-state index contributed by atoms with van der Waals surface area (Å²) in [4.78, 5) is 40.9. The number of nitro benzene ring substituents is 1. The van der Waals surface area contributed by atoms with Crippen LogP contribution in [0.15, 0.2) is 87.8 Å². The number of nitro groups is 1. The molecule has 0 spiro atoms. The van der Waals surface area contributed by atoms with Gasteiger partial charge in [0.2, 0.25) is 0 Å². The number of carbonyl (C=O) groups is 1. The lowest BCUT2D eigenvalue weighted by atomic mass is 10.1.